The Morgan fingerprint density at radius 2 is 2.13 bits per heavy atom. The van der Waals surface area contributed by atoms with Gasteiger partial charge in [0.05, 0.1) is 5.60 Å². The van der Waals surface area contributed by atoms with E-state index in [1.807, 2.05) is 4.90 Å². The number of aromatic carboxylic acids is 1. The van der Waals surface area contributed by atoms with E-state index in [0.29, 0.717) is 18.9 Å². The molecule has 15 heavy (non-hydrogen) atoms. The molecule has 6 nitrogen and oxygen atoms in total. The summed E-state index contributed by atoms with van der Waals surface area (Å²) in [6.07, 6.45) is 0. The molecule has 0 unspecified atom stereocenters. The van der Waals surface area contributed by atoms with E-state index >= 15 is 0 Å². The second-order valence-electron chi connectivity index (χ2n) is 3.93. The highest BCUT2D eigenvalue weighted by atomic mass is 16.4. The number of rotatable bonds is 2. The molecule has 0 bridgehead atoms. The summed E-state index contributed by atoms with van der Waals surface area (Å²) >= 11 is 0. The summed E-state index contributed by atoms with van der Waals surface area (Å²) < 4.78 is 0. The lowest BCUT2D eigenvalue weighted by molar-refractivity contribution is 0.0303. The van der Waals surface area contributed by atoms with Gasteiger partial charge in [-0.2, -0.15) is 0 Å². The van der Waals surface area contributed by atoms with Gasteiger partial charge in [0.1, 0.15) is 0 Å². The first-order valence-electron chi connectivity index (χ1n) is 4.52. The second kappa shape index (κ2) is 3.16. The number of hydrogen-bond donors (Lipinski definition) is 2. The molecule has 1 fully saturated rings. The monoisotopic (exact) mass is 209 g/mol. The zero-order valence-electron chi connectivity index (χ0n) is 8.21. The summed E-state index contributed by atoms with van der Waals surface area (Å²) in [7, 11) is 0. The molecule has 0 amide bonds. The van der Waals surface area contributed by atoms with Crippen LogP contribution in [0.4, 0.5) is 5.82 Å². The maximum Gasteiger partial charge on any atom is 0.356 e. The third-order valence-corrected chi connectivity index (χ3v) is 2.26. The number of carboxylic acids is 1. The van der Waals surface area contributed by atoms with Crippen molar-refractivity contribution in [3.63, 3.8) is 0 Å². The van der Waals surface area contributed by atoms with Crippen molar-refractivity contribution in [3.05, 3.63) is 17.8 Å². The van der Waals surface area contributed by atoms with Crippen molar-refractivity contribution in [2.45, 2.75) is 12.5 Å². The van der Waals surface area contributed by atoms with Crippen molar-refractivity contribution < 1.29 is 15.0 Å². The smallest absolute Gasteiger partial charge is 0.356 e. The first-order valence-corrected chi connectivity index (χ1v) is 4.52. The van der Waals surface area contributed by atoms with Crippen molar-refractivity contribution in [1.82, 2.24) is 10.2 Å². The average Bonchev–Trinajstić information content (AvgIpc) is 2.14. The van der Waals surface area contributed by atoms with Crippen molar-refractivity contribution in [1.29, 1.82) is 0 Å². The van der Waals surface area contributed by atoms with Gasteiger partial charge >= 0.3 is 5.97 Å². The largest absolute Gasteiger partial charge is 0.476 e. The predicted octanol–water partition coefficient (Wildman–Crippen LogP) is -0.254. The molecule has 2 heterocycles. The standard InChI is InChI=1S/C9H11N3O3/c1-9(15)4-12(5-9)7-3-2-6(8(13)14)10-11-7/h2-3,15H,4-5H2,1H3,(H,13,14). The molecule has 0 aromatic carbocycles. The van der Waals surface area contributed by atoms with Crippen molar-refractivity contribution in [2.24, 2.45) is 0 Å². The lowest BCUT2D eigenvalue weighted by Gasteiger charge is -2.44. The Hall–Kier alpha value is -1.69. The molecule has 1 saturated heterocycles. The Labute approximate surface area is 86.2 Å². The number of carboxylic acid groups (broad SMARTS) is 1. The van der Waals surface area contributed by atoms with Gasteiger partial charge in [-0.3, -0.25) is 0 Å². The van der Waals surface area contributed by atoms with Gasteiger partial charge in [0.25, 0.3) is 0 Å². The third-order valence-electron chi connectivity index (χ3n) is 2.26. The minimum absolute atomic E-state index is 0.0777. The third kappa shape index (κ3) is 1.89. The number of aliphatic hydroxyl groups is 1. The SMILES string of the molecule is CC1(O)CN(c2ccc(C(=O)O)nn2)C1. The molecule has 1 aliphatic heterocycles. The van der Waals surface area contributed by atoms with E-state index in [4.69, 9.17) is 5.11 Å². The summed E-state index contributed by atoms with van der Waals surface area (Å²) in [5, 5.41) is 25.4. The van der Waals surface area contributed by atoms with Crippen LogP contribution < -0.4 is 4.90 Å². The molecule has 0 radical (unpaired) electrons. The molecule has 80 valence electrons. The molecule has 6 heteroatoms. The molecule has 2 rings (SSSR count). The predicted molar refractivity (Wildman–Crippen MR) is 51.8 cm³/mol. The summed E-state index contributed by atoms with van der Waals surface area (Å²) in [6, 6.07) is 2.99. The Morgan fingerprint density at radius 3 is 2.53 bits per heavy atom. The molecule has 1 aliphatic rings. The number of hydrogen-bond acceptors (Lipinski definition) is 5. The molecule has 0 atom stereocenters. The quantitative estimate of drug-likeness (QED) is 0.698. The summed E-state index contributed by atoms with van der Waals surface area (Å²) in [4.78, 5) is 12.3. The first-order chi connectivity index (χ1) is 6.98. The Balaban J connectivity index is 2.09. The highest BCUT2D eigenvalue weighted by Crippen LogP contribution is 2.24. The van der Waals surface area contributed by atoms with Crippen LogP contribution >= 0.6 is 0 Å². The topological polar surface area (TPSA) is 86.5 Å². The fourth-order valence-corrected chi connectivity index (χ4v) is 1.55. The van der Waals surface area contributed by atoms with Crippen LogP contribution in [0, 0.1) is 0 Å². The molecule has 1 aromatic rings. The highest BCUT2D eigenvalue weighted by Gasteiger charge is 2.37. The van der Waals surface area contributed by atoms with Crippen LogP contribution in [0.15, 0.2) is 12.1 Å². The molecule has 0 aliphatic carbocycles. The van der Waals surface area contributed by atoms with Gasteiger partial charge in [0.2, 0.25) is 0 Å². The van der Waals surface area contributed by atoms with Crippen LogP contribution in [-0.4, -0.2) is 45.1 Å². The van der Waals surface area contributed by atoms with Gasteiger partial charge in [0, 0.05) is 13.1 Å². The number of aromatic nitrogens is 2. The molecule has 1 aromatic heterocycles. The van der Waals surface area contributed by atoms with Crippen molar-refractivity contribution >= 4 is 11.8 Å². The number of anilines is 1. The Bertz CT molecular complexity index is 380. The minimum Gasteiger partial charge on any atom is -0.476 e. The molecule has 0 saturated carbocycles. The van der Waals surface area contributed by atoms with Gasteiger partial charge in [0.15, 0.2) is 11.5 Å². The lowest BCUT2D eigenvalue weighted by atomic mass is 9.97. The first kappa shape index (κ1) is 9.85. The van der Waals surface area contributed by atoms with Gasteiger partial charge in [-0.1, -0.05) is 0 Å². The average molecular weight is 209 g/mol. The fourth-order valence-electron chi connectivity index (χ4n) is 1.55. The van der Waals surface area contributed by atoms with Gasteiger partial charge < -0.3 is 15.1 Å². The lowest BCUT2D eigenvalue weighted by Crippen LogP contribution is -2.60. The van der Waals surface area contributed by atoms with Crippen LogP contribution in [0.2, 0.25) is 0 Å². The number of β-amino-alcohol motifs (C(OH)–C–C–N with tert-alkyl or cyclic N) is 1. The zero-order valence-corrected chi connectivity index (χ0v) is 8.21. The van der Waals surface area contributed by atoms with Crippen LogP contribution in [0.3, 0.4) is 0 Å². The molecule has 0 spiro atoms. The number of carbonyl (C=O) groups is 1. The molecular weight excluding hydrogens is 198 g/mol. The zero-order chi connectivity index (χ0) is 11.1. The maximum atomic E-state index is 10.5. The van der Waals surface area contributed by atoms with Crippen molar-refractivity contribution in [3.8, 4) is 0 Å². The van der Waals surface area contributed by atoms with Crippen LogP contribution in [0.1, 0.15) is 17.4 Å². The summed E-state index contributed by atoms with van der Waals surface area (Å²) in [5.74, 6) is -0.504. The summed E-state index contributed by atoms with van der Waals surface area (Å²) in [6.45, 7) is 2.73. The van der Waals surface area contributed by atoms with Gasteiger partial charge in [-0.15, -0.1) is 10.2 Å². The van der Waals surface area contributed by atoms with E-state index in [2.05, 4.69) is 10.2 Å². The number of nitrogens with zero attached hydrogens (tertiary/aromatic N) is 3. The van der Waals surface area contributed by atoms with Crippen molar-refractivity contribution in [2.75, 3.05) is 18.0 Å². The normalized spacial score (nSPS) is 18.4. The summed E-state index contributed by atoms with van der Waals surface area (Å²) in [5.41, 5.74) is -0.751. The minimum atomic E-state index is -1.09. The maximum absolute atomic E-state index is 10.5. The van der Waals surface area contributed by atoms with Crippen LogP contribution in [0.5, 0.6) is 0 Å². The Kier molecular flexibility index (Phi) is 2.08. The van der Waals surface area contributed by atoms with E-state index in [1.165, 1.54) is 6.07 Å². The molecule has 2 N–H and O–H groups in total. The van der Waals surface area contributed by atoms with E-state index in [9.17, 15) is 9.90 Å². The highest BCUT2D eigenvalue weighted by molar-refractivity contribution is 5.85. The Morgan fingerprint density at radius 1 is 1.47 bits per heavy atom. The van der Waals surface area contributed by atoms with E-state index in [0.717, 1.165) is 0 Å². The van der Waals surface area contributed by atoms with E-state index in [-0.39, 0.29) is 5.69 Å². The van der Waals surface area contributed by atoms with E-state index in [1.54, 1.807) is 13.0 Å². The van der Waals surface area contributed by atoms with Gasteiger partial charge in [-0.05, 0) is 19.1 Å². The second-order valence-corrected chi connectivity index (χ2v) is 3.93. The van der Waals surface area contributed by atoms with Gasteiger partial charge in [-0.25, -0.2) is 4.79 Å². The molecular formula is C9H11N3O3. The van der Waals surface area contributed by atoms with E-state index < -0.39 is 11.6 Å². The van der Waals surface area contributed by atoms with Crippen LogP contribution in [-0.2, 0) is 0 Å². The van der Waals surface area contributed by atoms with Crippen LogP contribution in [0.25, 0.3) is 0 Å². The fraction of sp³-hybridized carbons (Fsp3) is 0.444.